The van der Waals surface area contributed by atoms with Crippen molar-refractivity contribution in [3.63, 3.8) is 0 Å². The fourth-order valence-corrected chi connectivity index (χ4v) is 5.60. The number of nitrogens with zero attached hydrogens (tertiary/aromatic N) is 3. The van der Waals surface area contributed by atoms with Gasteiger partial charge >= 0.3 is 0 Å². The standard InChI is InChI=1S/C32H36F2N4O4/c1-20(2)11-13-36-14-12-21(3)38-27(36)18-37-17-25(31(40)35-16-23-9-10-24(33)15-26(23)34)29(39)30(28(37)32(38)41)42-19-22-7-5-4-6-8-22/h4-10,15,17,20-21,27H,11-14,16,18-19H2,1-3H3,(H,35,40)/t21-,27-/m0/s1. The van der Waals surface area contributed by atoms with Gasteiger partial charge in [-0.2, -0.15) is 0 Å². The summed E-state index contributed by atoms with van der Waals surface area (Å²) in [6, 6.07) is 12.3. The summed E-state index contributed by atoms with van der Waals surface area (Å²) in [5.74, 6) is -2.27. The van der Waals surface area contributed by atoms with E-state index in [4.69, 9.17) is 4.74 Å². The van der Waals surface area contributed by atoms with Crippen LogP contribution in [0.4, 0.5) is 8.78 Å². The van der Waals surface area contributed by atoms with Crippen LogP contribution in [0.5, 0.6) is 5.75 Å². The van der Waals surface area contributed by atoms with Crippen molar-refractivity contribution in [1.82, 2.24) is 19.7 Å². The molecule has 1 saturated heterocycles. The van der Waals surface area contributed by atoms with E-state index in [0.29, 0.717) is 12.5 Å². The zero-order valence-corrected chi connectivity index (χ0v) is 24.1. The van der Waals surface area contributed by atoms with Crippen LogP contribution in [0.1, 0.15) is 65.6 Å². The van der Waals surface area contributed by atoms with E-state index in [0.717, 1.165) is 43.6 Å². The molecular formula is C32H36F2N4O4. The topological polar surface area (TPSA) is 83.9 Å². The molecule has 8 nitrogen and oxygen atoms in total. The Bertz CT molecular complexity index is 1520. The lowest BCUT2D eigenvalue weighted by Crippen LogP contribution is -2.64. The molecule has 222 valence electrons. The number of nitrogens with one attached hydrogen (secondary N) is 1. The monoisotopic (exact) mass is 578 g/mol. The number of aromatic nitrogens is 1. The predicted molar refractivity (Wildman–Crippen MR) is 154 cm³/mol. The Morgan fingerprint density at radius 3 is 2.60 bits per heavy atom. The van der Waals surface area contributed by atoms with E-state index in [-0.39, 0.29) is 53.8 Å². The van der Waals surface area contributed by atoms with Crippen molar-refractivity contribution in [1.29, 1.82) is 0 Å². The first-order chi connectivity index (χ1) is 20.1. The number of rotatable bonds is 9. The van der Waals surface area contributed by atoms with Crippen LogP contribution in [-0.2, 0) is 19.7 Å². The third kappa shape index (κ3) is 6.09. The molecule has 10 heteroatoms. The number of amides is 2. The van der Waals surface area contributed by atoms with E-state index in [2.05, 4.69) is 24.1 Å². The van der Waals surface area contributed by atoms with Crippen LogP contribution >= 0.6 is 0 Å². The van der Waals surface area contributed by atoms with Crippen LogP contribution in [-0.4, -0.2) is 51.5 Å². The van der Waals surface area contributed by atoms with Gasteiger partial charge in [-0.05, 0) is 37.3 Å². The summed E-state index contributed by atoms with van der Waals surface area (Å²) in [6.07, 6.45) is 2.95. The Balaban J connectivity index is 1.51. The maximum Gasteiger partial charge on any atom is 0.276 e. The van der Waals surface area contributed by atoms with E-state index in [9.17, 15) is 23.2 Å². The largest absolute Gasteiger partial charge is 0.483 e. The molecular weight excluding hydrogens is 542 g/mol. The van der Waals surface area contributed by atoms with Crippen molar-refractivity contribution in [2.24, 2.45) is 5.92 Å². The summed E-state index contributed by atoms with van der Waals surface area (Å²) in [5.41, 5.74) is 0.0484. The molecule has 3 aromatic rings. The van der Waals surface area contributed by atoms with E-state index >= 15 is 0 Å². The fourth-order valence-electron chi connectivity index (χ4n) is 5.60. The van der Waals surface area contributed by atoms with Crippen molar-refractivity contribution in [2.45, 2.75) is 65.5 Å². The minimum atomic E-state index is -0.803. The molecule has 0 bridgehead atoms. The lowest BCUT2D eigenvalue weighted by atomic mass is 10.0. The molecule has 2 atom stereocenters. The van der Waals surface area contributed by atoms with Gasteiger partial charge < -0.3 is 19.5 Å². The fraction of sp³-hybridized carbons (Fsp3) is 0.406. The zero-order chi connectivity index (χ0) is 30.0. The highest BCUT2D eigenvalue weighted by Gasteiger charge is 2.43. The molecule has 1 aromatic heterocycles. The number of carbonyl (C=O) groups excluding carboxylic acids is 2. The van der Waals surface area contributed by atoms with Crippen LogP contribution in [0.25, 0.3) is 0 Å². The SMILES string of the molecule is CC(C)CCN1CC[C@H](C)N2C(=O)c3c(OCc4ccccc4)c(=O)c(C(=O)NCc4ccc(F)cc4F)cn3C[C@@H]12. The number of hydrogen-bond acceptors (Lipinski definition) is 5. The third-order valence-electron chi connectivity index (χ3n) is 8.01. The lowest BCUT2D eigenvalue weighted by molar-refractivity contribution is -0.0339. The molecule has 2 aliphatic rings. The van der Waals surface area contributed by atoms with Crippen molar-refractivity contribution >= 4 is 11.8 Å². The van der Waals surface area contributed by atoms with Gasteiger partial charge in [0.25, 0.3) is 11.8 Å². The average Bonchev–Trinajstić information content (AvgIpc) is 2.96. The molecule has 0 aliphatic carbocycles. The van der Waals surface area contributed by atoms with E-state index < -0.39 is 23.0 Å². The van der Waals surface area contributed by atoms with Crippen LogP contribution in [0, 0.1) is 17.6 Å². The Hall–Kier alpha value is -4.05. The van der Waals surface area contributed by atoms with Crippen LogP contribution in [0.3, 0.4) is 0 Å². The molecule has 1 N–H and O–H groups in total. The average molecular weight is 579 g/mol. The second kappa shape index (κ2) is 12.4. The van der Waals surface area contributed by atoms with Gasteiger partial charge in [-0.3, -0.25) is 19.3 Å². The smallest absolute Gasteiger partial charge is 0.276 e. The van der Waals surface area contributed by atoms with E-state index in [1.807, 2.05) is 42.2 Å². The molecule has 0 radical (unpaired) electrons. The summed E-state index contributed by atoms with van der Waals surface area (Å²) >= 11 is 0. The van der Waals surface area contributed by atoms with Gasteiger partial charge in [0.2, 0.25) is 5.43 Å². The van der Waals surface area contributed by atoms with Crippen molar-refractivity contribution in [2.75, 3.05) is 13.1 Å². The number of pyridine rings is 1. The molecule has 2 aliphatic heterocycles. The maximum absolute atomic E-state index is 14.2. The Morgan fingerprint density at radius 1 is 1.12 bits per heavy atom. The second-order valence-corrected chi connectivity index (χ2v) is 11.4. The minimum absolute atomic E-state index is 0.0295. The summed E-state index contributed by atoms with van der Waals surface area (Å²) in [6.45, 7) is 8.14. The first-order valence-electron chi connectivity index (χ1n) is 14.4. The minimum Gasteiger partial charge on any atom is -0.483 e. The number of halogens is 2. The number of hydrogen-bond donors (Lipinski definition) is 1. The third-order valence-corrected chi connectivity index (χ3v) is 8.01. The van der Waals surface area contributed by atoms with Gasteiger partial charge in [-0.15, -0.1) is 0 Å². The Labute approximate surface area is 243 Å². The first-order valence-corrected chi connectivity index (χ1v) is 14.4. The molecule has 3 heterocycles. The van der Waals surface area contributed by atoms with Crippen molar-refractivity contribution < 1.29 is 23.1 Å². The van der Waals surface area contributed by atoms with Gasteiger partial charge in [-0.1, -0.05) is 50.2 Å². The van der Waals surface area contributed by atoms with Crippen LogP contribution < -0.4 is 15.5 Å². The number of benzene rings is 2. The van der Waals surface area contributed by atoms with Crippen molar-refractivity contribution in [3.8, 4) is 5.75 Å². The molecule has 5 rings (SSSR count). The maximum atomic E-state index is 14.2. The summed E-state index contributed by atoms with van der Waals surface area (Å²) < 4.78 is 35.2. The Kier molecular flexibility index (Phi) is 8.72. The summed E-state index contributed by atoms with van der Waals surface area (Å²) in [7, 11) is 0. The zero-order valence-electron chi connectivity index (χ0n) is 24.1. The van der Waals surface area contributed by atoms with Gasteiger partial charge in [0.1, 0.15) is 30.0 Å². The quantitative estimate of drug-likeness (QED) is 0.403. The Morgan fingerprint density at radius 2 is 1.88 bits per heavy atom. The highest BCUT2D eigenvalue weighted by molar-refractivity contribution is 5.99. The first kappa shape index (κ1) is 29.4. The highest BCUT2D eigenvalue weighted by atomic mass is 19.1. The van der Waals surface area contributed by atoms with Gasteiger partial charge in [-0.25, -0.2) is 8.78 Å². The summed E-state index contributed by atoms with van der Waals surface area (Å²) in [4.78, 5) is 45.3. The molecule has 0 unspecified atom stereocenters. The molecule has 42 heavy (non-hydrogen) atoms. The van der Waals surface area contributed by atoms with Crippen LogP contribution in [0.2, 0.25) is 0 Å². The van der Waals surface area contributed by atoms with Crippen LogP contribution in [0.15, 0.2) is 59.5 Å². The molecule has 1 fully saturated rings. The number of fused-ring (bicyclic) bond motifs is 2. The van der Waals surface area contributed by atoms with E-state index in [1.54, 1.807) is 4.57 Å². The summed E-state index contributed by atoms with van der Waals surface area (Å²) in [5, 5.41) is 2.56. The predicted octanol–water partition coefficient (Wildman–Crippen LogP) is 4.56. The second-order valence-electron chi connectivity index (χ2n) is 11.4. The van der Waals surface area contributed by atoms with Gasteiger partial charge in [0.15, 0.2) is 11.4 Å². The molecule has 2 amide bonds. The van der Waals surface area contributed by atoms with E-state index in [1.165, 1.54) is 12.3 Å². The van der Waals surface area contributed by atoms with Crippen molar-refractivity contribution in [3.05, 3.63) is 99.0 Å². The molecule has 0 saturated carbocycles. The number of ether oxygens (including phenoxy) is 1. The molecule has 2 aromatic carbocycles. The number of carbonyl (C=O) groups is 2. The normalized spacial score (nSPS) is 18.5. The highest BCUT2D eigenvalue weighted by Crippen LogP contribution is 2.32. The van der Waals surface area contributed by atoms with Gasteiger partial charge in [0, 0.05) is 43.5 Å². The van der Waals surface area contributed by atoms with Gasteiger partial charge in [0.05, 0.1) is 6.54 Å². The lowest BCUT2D eigenvalue weighted by Gasteiger charge is -2.50. The molecule has 0 spiro atoms.